The second-order valence-corrected chi connectivity index (χ2v) is 5.17. The number of hydroxylamine groups is 1. The summed E-state index contributed by atoms with van der Waals surface area (Å²) >= 11 is 0. The van der Waals surface area contributed by atoms with Crippen LogP contribution in [-0.2, 0) is 6.18 Å². The third-order valence-corrected chi connectivity index (χ3v) is 3.36. The molecule has 1 aromatic carbocycles. The van der Waals surface area contributed by atoms with Gasteiger partial charge in [0.25, 0.3) is 0 Å². The van der Waals surface area contributed by atoms with Crippen LogP contribution in [0.4, 0.5) is 13.2 Å². The van der Waals surface area contributed by atoms with E-state index in [1.165, 1.54) is 19.2 Å². The quantitative estimate of drug-likeness (QED) is 0.239. The largest absolute Gasteiger partial charge is 0.489 e. The lowest BCUT2D eigenvalue weighted by Crippen LogP contribution is -2.21. The molecule has 0 heterocycles. The number of amidine groups is 1. The summed E-state index contributed by atoms with van der Waals surface area (Å²) in [5.74, 6) is -0.305. The SMILES string of the molecule is CCCCC/C=C/COc1ccc(C(=NC)NO)cc1C(F)(F)F. The van der Waals surface area contributed by atoms with Crippen molar-refractivity contribution in [1.29, 1.82) is 0 Å². The van der Waals surface area contributed by atoms with Gasteiger partial charge in [0.1, 0.15) is 12.4 Å². The van der Waals surface area contributed by atoms with E-state index in [-0.39, 0.29) is 23.8 Å². The molecule has 0 aliphatic rings. The van der Waals surface area contributed by atoms with Crippen molar-refractivity contribution in [2.24, 2.45) is 4.99 Å². The Morgan fingerprint density at radius 2 is 2.04 bits per heavy atom. The number of aliphatic imine (C=N–C) groups is 1. The van der Waals surface area contributed by atoms with Gasteiger partial charge in [-0.2, -0.15) is 13.2 Å². The van der Waals surface area contributed by atoms with E-state index in [2.05, 4.69) is 11.9 Å². The Morgan fingerprint density at radius 3 is 2.62 bits per heavy atom. The van der Waals surface area contributed by atoms with Crippen molar-refractivity contribution in [3.8, 4) is 5.75 Å². The molecule has 0 aromatic heterocycles. The molecule has 0 aliphatic carbocycles. The summed E-state index contributed by atoms with van der Waals surface area (Å²) < 4.78 is 44.8. The predicted molar refractivity (Wildman–Crippen MR) is 87.6 cm³/mol. The average Bonchev–Trinajstić information content (AvgIpc) is 2.55. The first-order chi connectivity index (χ1) is 11.4. The zero-order chi connectivity index (χ0) is 18.0. The number of hydrogen-bond donors (Lipinski definition) is 2. The number of benzene rings is 1. The highest BCUT2D eigenvalue weighted by Crippen LogP contribution is 2.36. The zero-order valence-electron chi connectivity index (χ0n) is 13.9. The predicted octanol–water partition coefficient (Wildman–Crippen LogP) is 4.58. The van der Waals surface area contributed by atoms with E-state index in [0.29, 0.717) is 0 Å². The van der Waals surface area contributed by atoms with Gasteiger partial charge in [0.2, 0.25) is 0 Å². The highest BCUT2D eigenvalue weighted by molar-refractivity contribution is 5.98. The van der Waals surface area contributed by atoms with Crippen molar-refractivity contribution in [3.63, 3.8) is 0 Å². The lowest BCUT2D eigenvalue weighted by molar-refractivity contribution is -0.138. The van der Waals surface area contributed by atoms with Crippen LogP contribution < -0.4 is 10.2 Å². The molecule has 0 spiro atoms. The van der Waals surface area contributed by atoms with Crippen LogP contribution in [-0.4, -0.2) is 24.7 Å². The lowest BCUT2D eigenvalue weighted by Gasteiger charge is -2.15. The summed E-state index contributed by atoms with van der Waals surface area (Å²) in [6.45, 7) is 2.18. The van der Waals surface area contributed by atoms with Crippen molar-refractivity contribution >= 4 is 5.84 Å². The molecule has 7 heteroatoms. The van der Waals surface area contributed by atoms with E-state index < -0.39 is 11.7 Å². The van der Waals surface area contributed by atoms with Gasteiger partial charge in [-0.05, 0) is 31.0 Å². The van der Waals surface area contributed by atoms with Crippen LogP contribution in [0, 0.1) is 0 Å². The number of nitrogens with zero attached hydrogens (tertiary/aromatic N) is 1. The fourth-order valence-electron chi connectivity index (χ4n) is 2.10. The maximum Gasteiger partial charge on any atom is 0.419 e. The van der Waals surface area contributed by atoms with Crippen LogP contribution in [0.25, 0.3) is 0 Å². The smallest absolute Gasteiger partial charge is 0.419 e. The van der Waals surface area contributed by atoms with Gasteiger partial charge in [0.05, 0.1) is 5.56 Å². The number of alkyl halides is 3. The summed E-state index contributed by atoms with van der Waals surface area (Å²) in [5.41, 5.74) is 0.987. The van der Waals surface area contributed by atoms with Crippen molar-refractivity contribution in [1.82, 2.24) is 5.48 Å². The molecule has 1 aromatic rings. The topological polar surface area (TPSA) is 53.8 Å². The van der Waals surface area contributed by atoms with Gasteiger partial charge in [-0.15, -0.1) is 0 Å². The molecule has 0 unspecified atom stereocenters. The van der Waals surface area contributed by atoms with E-state index >= 15 is 0 Å². The minimum atomic E-state index is -4.56. The van der Waals surface area contributed by atoms with Crippen LogP contribution in [0.1, 0.15) is 43.7 Å². The fraction of sp³-hybridized carbons (Fsp3) is 0.471. The summed E-state index contributed by atoms with van der Waals surface area (Å²) in [4.78, 5) is 3.68. The Bertz CT molecular complexity index is 569. The molecule has 0 fully saturated rings. The Balaban J connectivity index is 2.83. The van der Waals surface area contributed by atoms with Gasteiger partial charge in [0, 0.05) is 12.6 Å². The summed E-state index contributed by atoms with van der Waals surface area (Å²) in [5, 5.41) is 8.90. The van der Waals surface area contributed by atoms with Gasteiger partial charge in [-0.1, -0.05) is 31.9 Å². The third-order valence-electron chi connectivity index (χ3n) is 3.36. The molecule has 0 bridgehead atoms. The summed E-state index contributed by atoms with van der Waals surface area (Å²) in [6.07, 6.45) is 3.27. The number of allylic oxidation sites excluding steroid dienone is 1. The number of hydrogen-bond acceptors (Lipinski definition) is 3. The average molecular weight is 344 g/mol. The van der Waals surface area contributed by atoms with E-state index in [0.717, 1.165) is 31.7 Å². The molecular weight excluding hydrogens is 321 g/mol. The molecule has 0 amide bonds. The number of unbranched alkanes of at least 4 members (excludes halogenated alkanes) is 3. The van der Waals surface area contributed by atoms with Gasteiger partial charge in [0.15, 0.2) is 5.84 Å². The van der Waals surface area contributed by atoms with Gasteiger partial charge in [-0.3, -0.25) is 15.7 Å². The Hall–Kier alpha value is -2.02. The summed E-state index contributed by atoms with van der Waals surface area (Å²) in [7, 11) is 1.36. The molecule has 0 atom stereocenters. The lowest BCUT2D eigenvalue weighted by atomic mass is 10.1. The summed E-state index contributed by atoms with van der Waals surface area (Å²) in [6, 6.07) is 3.53. The van der Waals surface area contributed by atoms with Crippen molar-refractivity contribution in [2.75, 3.05) is 13.7 Å². The van der Waals surface area contributed by atoms with Crippen LogP contribution in [0.2, 0.25) is 0 Å². The van der Waals surface area contributed by atoms with Gasteiger partial charge < -0.3 is 4.74 Å². The maximum atomic E-state index is 13.2. The second-order valence-electron chi connectivity index (χ2n) is 5.17. The van der Waals surface area contributed by atoms with Crippen LogP contribution >= 0.6 is 0 Å². The third kappa shape index (κ3) is 6.23. The molecule has 134 valence electrons. The highest BCUT2D eigenvalue weighted by atomic mass is 19.4. The first-order valence-electron chi connectivity index (χ1n) is 7.80. The van der Waals surface area contributed by atoms with E-state index in [1.54, 1.807) is 11.6 Å². The molecule has 0 aliphatic heterocycles. The number of nitrogens with one attached hydrogen (secondary N) is 1. The molecule has 1 rings (SSSR count). The van der Waals surface area contributed by atoms with E-state index in [9.17, 15) is 13.2 Å². The Kier molecular flexibility index (Phi) is 8.32. The molecule has 0 saturated carbocycles. The van der Waals surface area contributed by atoms with Crippen LogP contribution in [0.15, 0.2) is 35.3 Å². The molecule has 0 saturated heterocycles. The minimum absolute atomic E-state index is 0.0529. The van der Waals surface area contributed by atoms with Gasteiger partial charge >= 0.3 is 6.18 Å². The Morgan fingerprint density at radius 1 is 1.29 bits per heavy atom. The molecule has 4 nitrogen and oxygen atoms in total. The van der Waals surface area contributed by atoms with Crippen LogP contribution in [0.3, 0.4) is 0 Å². The van der Waals surface area contributed by atoms with Crippen molar-refractivity contribution in [3.05, 3.63) is 41.5 Å². The van der Waals surface area contributed by atoms with Gasteiger partial charge in [-0.25, -0.2) is 0 Å². The standard InChI is InChI=1S/C17H23F3N2O2/c1-3-4-5-6-7-8-11-24-15-10-9-13(16(21-2)22-23)12-14(15)17(18,19)20/h7-10,12,23H,3-6,11H2,1-2H3,(H,21,22)/b8-7+. The molecule has 2 N–H and O–H groups in total. The zero-order valence-corrected chi connectivity index (χ0v) is 13.9. The molecule has 0 radical (unpaired) electrons. The van der Waals surface area contributed by atoms with Crippen molar-refractivity contribution < 1.29 is 23.1 Å². The Labute approximate surface area is 140 Å². The number of halogens is 3. The van der Waals surface area contributed by atoms with E-state index in [1.807, 2.05) is 6.08 Å². The van der Waals surface area contributed by atoms with Crippen LogP contribution in [0.5, 0.6) is 5.75 Å². The normalized spacial score (nSPS) is 12.7. The fourth-order valence-corrected chi connectivity index (χ4v) is 2.10. The molecular formula is C17H23F3N2O2. The molecule has 24 heavy (non-hydrogen) atoms. The monoisotopic (exact) mass is 344 g/mol. The van der Waals surface area contributed by atoms with Crippen molar-refractivity contribution in [2.45, 2.75) is 38.8 Å². The minimum Gasteiger partial charge on any atom is -0.489 e. The first kappa shape index (κ1) is 20.0. The second kappa shape index (κ2) is 9.97. The maximum absolute atomic E-state index is 13.2. The highest BCUT2D eigenvalue weighted by Gasteiger charge is 2.35. The number of rotatable bonds is 8. The van der Waals surface area contributed by atoms with E-state index in [4.69, 9.17) is 9.94 Å². The first-order valence-corrected chi connectivity index (χ1v) is 7.80. The number of ether oxygens (including phenoxy) is 1.